The summed E-state index contributed by atoms with van der Waals surface area (Å²) in [5.41, 5.74) is 4.26. The molecule has 5 N–H and O–H groups in total. The summed E-state index contributed by atoms with van der Waals surface area (Å²) in [5.74, 6) is -1.79. The van der Waals surface area contributed by atoms with Crippen LogP contribution in [0.5, 0.6) is 0 Å². The lowest BCUT2D eigenvalue weighted by molar-refractivity contribution is -0.0481. The lowest BCUT2D eigenvalue weighted by Crippen LogP contribution is -2.50. The van der Waals surface area contributed by atoms with E-state index >= 15 is 0 Å². The molecule has 2 heterocycles. The van der Waals surface area contributed by atoms with Crippen molar-refractivity contribution in [1.29, 1.82) is 0 Å². The number of aromatic nitrogens is 4. The van der Waals surface area contributed by atoms with Gasteiger partial charge in [-0.05, 0) is 19.1 Å². The fourth-order valence-electron chi connectivity index (χ4n) is 2.70. The summed E-state index contributed by atoms with van der Waals surface area (Å²) in [5, 5.41) is 26.2. The highest BCUT2D eigenvalue weighted by molar-refractivity contribution is 5.93. The van der Waals surface area contributed by atoms with Crippen molar-refractivity contribution in [3.8, 4) is 11.5 Å². The molecule has 3 aromatic rings. The number of rotatable bonds is 8. The minimum absolute atomic E-state index is 0.00510. The van der Waals surface area contributed by atoms with Crippen LogP contribution in [-0.2, 0) is 6.54 Å². The summed E-state index contributed by atoms with van der Waals surface area (Å²) in [6.07, 6.45) is -0.654. The molecule has 1 aromatic carbocycles. The summed E-state index contributed by atoms with van der Waals surface area (Å²) < 4.78 is 29.5. The van der Waals surface area contributed by atoms with Crippen LogP contribution in [0.3, 0.4) is 0 Å². The Kier molecular flexibility index (Phi) is 6.39. The Morgan fingerprint density at radius 2 is 2.03 bits per heavy atom. The van der Waals surface area contributed by atoms with Crippen molar-refractivity contribution in [1.82, 2.24) is 19.7 Å². The largest absolute Gasteiger partial charge is 0.384 e. The number of nitrogens with zero attached hydrogens (tertiary/aromatic N) is 4. The molecule has 0 radical (unpaired) electrons. The van der Waals surface area contributed by atoms with Crippen LogP contribution in [0.1, 0.15) is 29.9 Å². The van der Waals surface area contributed by atoms with Crippen molar-refractivity contribution in [2.75, 3.05) is 11.9 Å². The number of Topliss-reactive ketones (excluding diaryl/α,β-unsaturated/α-hetero) is 1. The predicted octanol–water partition coefficient (Wildman–Crippen LogP) is 1.31. The maximum atomic E-state index is 14.1. The summed E-state index contributed by atoms with van der Waals surface area (Å²) in [6, 6.07) is 7.54. The Balaban J connectivity index is 1.92. The molecular weight excluding hydrogens is 410 g/mol. The second-order valence-corrected chi connectivity index (χ2v) is 7.27. The van der Waals surface area contributed by atoms with Crippen LogP contribution in [0, 0.1) is 11.6 Å². The van der Waals surface area contributed by atoms with Gasteiger partial charge in [0.15, 0.2) is 23.2 Å². The number of carbonyl (C=O) groups excluding carboxylic acids is 1. The van der Waals surface area contributed by atoms with Gasteiger partial charge in [-0.1, -0.05) is 18.2 Å². The van der Waals surface area contributed by atoms with Gasteiger partial charge >= 0.3 is 0 Å². The highest BCUT2D eigenvalue weighted by Gasteiger charge is 2.28. The highest BCUT2D eigenvalue weighted by atomic mass is 19.1. The zero-order valence-corrected chi connectivity index (χ0v) is 16.9. The van der Waals surface area contributed by atoms with Gasteiger partial charge in [0, 0.05) is 19.0 Å². The fourth-order valence-corrected chi connectivity index (χ4v) is 2.70. The number of aliphatic hydroxyl groups is 2. The van der Waals surface area contributed by atoms with Crippen LogP contribution < -0.4 is 11.1 Å². The van der Waals surface area contributed by atoms with E-state index in [2.05, 4.69) is 20.4 Å². The van der Waals surface area contributed by atoms with E-state index in [0.29, 0.717) is 5.56 Å². The maximum absolute atomic E-state index is 14.1. The third-order valence-corrected chi connectivity index (χ3v) is 4.64. The Bertz CT molecular complexity index is 1100. The van der Waals surface area contributed by atoms with Gasteiger partial charge in [0.05, 0.1) is 12.7 Å². The van der Waals surface area contributed by atoms with Crippen LogP contribution in [0.25, 0.3) is 11.5 Å². The second kappa shape index (κ2) is 8.84. The number of nitrogens with two attached hydrogens (primary N) is 1. The van der Waals surface area contributed by atoms with E-state index in [1.165, 1.54) is 30.7 Å². The third kappa shape index (κ3) is 5.08. The van der Waals surface area contributed by atoms with Crippen molar-refractivity contribution < 1.29 is 23.8 Å². The van der Waals surface area contributed by atoms with Crippen molar-refractivity contribution in [2.24, 2.45) is 5.73 Å². The molecule has 0 amide bonds. The van der Waals surface area contributed by atoms with E-state index in [4.69, 9.17) is 5.73 Å². The number of anilines is 1. The lowest BCUT2D eigenvalue weighted by Gasteiger charge is -2.26. The average molecular weight is 432 g/mol. The normalized spacial score (nSPS) is 14.2. The van der Waals surface area contributed by atoms with E-state index in [1.807, 2.05) is 0 Å². The summed E-state index contributed by atoms with van der Waals surface area (Å²) in [6.45, 7) is 2.33. The molecule has 3 rings (SSSR count). The molecule has 0 aliphatic rings. The molecule has 0 aliphatic heterocycles. The molecule has 2 atom stereocenters. The zero-order chi connectivity index (χ0) is 22.8. The number of ketones is 1. The lowest BCUT2D eigenvalue weighted by atomic mass is 10.1. The van der Waals surface area contributed by atoms with Crippen molar-refractivity contribution >= 4 is 11.6 Å². The van der Waals surface area contributed by atoms with Crippen molar-refractivity contribution in [2.45, 2.75) is 32.2 Å². The fraction of sp³-hybridized carbons (Fsp3) is 0.300. The first-order valence-electron chi connectivity index (χ1n) is 9.33. The molecule has 31 heavy (non-hydrogen) atoms. The number of carbonyl (C=O) groups is 1. The number of hydrogen-bond acceptors (Lipinski definition) is 8. The van der Waals surface area contributed by atoms with Crippen LogP contribution in [-0.4, -0.2) is 54.1 Å². The van der Waals surface area contributed by atoms with Crippen LogP contribution in [0.4, 0.5) is 14.6 Å². The third-order valence-electron chi connectivity index (χ3n) is 4.64. The van der Waals surface area contributed by atoms with E-state index < -0.39 is 23.5 Å². The van der Waals surface area contributed by atoms with Gasteiger partial charge in [0.1, 0.15) is 29.0 Å². The molecule has 0 aliphatic carbocycles. The Hall–Kier alpha value is -3.28. The molecule has 164 valence electrons. The standard InChI is InChI=1S/C20H22F2N6O3/c1-11(29)16-7-15(27-28(16)9-12-5-3-4-6-13(12)21)18-24-8-14(22)17(26-18)25-10-20(2,31)19(23)30/h3-8,19,30-31H,9-10,23H2,1-2H3,(H,24,25,26). The van der Waals surface area contributed by atoms with E-state index in [9.17, 15) is 23.8 Å². The summed E-state index contributed by atoms with van der Waals surface area (Å²) >= 11 is 0. The highest BCUT2D eigenvalue weighted by Crippen LogP contribution is 2.21. The molecule has 0 saturated carbocycles. The molecule has 0 saturated heterocycles. The molecule has 0 fully saturated rings. The minimum atomic E-state index is -1.74. The van der Waals surface area contributed by atoms with Gasteiger partial charge in [-0.25, -0.2) is 18.7 Å². The second-order valence-electron chi connectivity index (χ2n) is 7.27. The molecule has 2 aromatic heterocycles. The van der Waals surface area contributed by atoms with Gasteiger partial charge in [-0.15, -0.1) is 0 Å². The Morgan fingerprint density at radius 1 is 1.32 bits per heavy atom. The maximum Gasteiger partial charge on any atom is 0.183 e. The van der Waals surface area contributed by atoms with E-state index in [1.54, 1.807) is 18.2 Å². The van der Waals surface area contributed by atoms with Crippen LogP contribution in [0.15, 0.2) is 36.5 Å². The number of benzene rings is 1. The van der Waals surface area contributed by atoms with Gasteiger partial charge < -0.3 is 21.3 Å². The topological polar surface area (TPSA) is 139 Å². The first kappa shape index (κ1) is 22.4. The first-order chi connectivity index (χ1) is 14.6. The monoisotopic (exact) mass is 432 g/mol. The summed E-state index contributed by atoms with van der Waals surface area (Å²) in [7, 11) is 0. The van der Waals surface area contributed by atoms with Crippen LogP contribution >= 0.6 is 0 Å². The molecular formula is C20H22F2N6O3. The smallest absolute Gasteiger partial charge is 0.183 e. The number of aliphatic hydroxyl groups excluding tert-OH is 1. The molecule has 2 unspecified atom stereocenters. The predicted molar refractivity (Wildman–Crippen MR) is 108 cm³/mol. The quantitative estimate of drug-likeness (QED) is 0.309. The van der Waals surface area contributed by atoms with Gasteiger partial charge in [0.2, 0.25) is 0 Å². The molecule has 0 bridgehead atoms. The minimum Gasteiger partial charge on any atom is -0.384 e. The molecule has 11 heteroatoms. The SMILES string of the molecule is CC(=O)c1cc(-c2ncc(F)c(NCC(C)(O)C(N)O)n2)nn1Cc1ccccc1F. The number of hydrogen-bond donors (Lipinski definition) is 4. The zero-order valence-electron chi connectivity index (χ0n) is 16.9. The number of halogens is 2. The molecule has 0 spiro atoms. The molecule has 9 nitrogen and oxygen atoms in total. The Morgan fingerprint density at radius 3 is 2.68 bits per heavy atom. The van der Waals surface area contributed by atoms with E-state index in [0.717, 1.165) is 6.20 Å². The average Bonchev–Trinajstić information content (AvgIpc) is 3.13. The number of nitrogens with one attached hydrogen (secondary N) is 1. The van der Waals surface area contributed by atoms with Gasteiger partial charge in [-0.3, -0.25) is 9.48 Å². The Labute approximate surface area is 176 Å². The summed E-state index contributed by atoms with van der Waals surface area (Å²) in [4.78, 5) is 20.0. The van der Waals surface area contributed by atoms with Gasteiger partial charge in [0.25, 0.3) is 0 Å². The van der Waals surface area contributed by atoms with Crippen molar-refractivity contribution in [3.63, 3.8) is 0 Å². The van der Waals surface area contributed by atoms with Gasteiger partial charge in [-0.2, -0.15) is 5.10 Å². The van der Waals surface area contributed by atoms with E-state index in [-0.39, 0.29) is 41.9 Å². The van der Waals surface area contributed by atoms with Crippen molar-refractivity contribution in [3.05, 3.63) is 59.4 Å². The van der Waals surface area contributed by atoms with Crippen LogP contribution in [0.2, 0.25) is 0 Å². The first-order valence-corrected chi connectivity index (χ1v) is 9.33.